The van der Waals surface area contributed by atoms with Gasteiger partial charge in [0.05, 0.1) is 6.10 Å². The molecule has 0 fully saturated rings. The number of aromatic nitrogens is 4. The van der Waals surface area contributed by atoms with Crippen LogP contribution >= 0.6 is 0 Å². The molecule has 6 nitrogen and oxygen atoms in total. The summed E-state index contributed by atoms with van der Waals surface area (Å²) in [4.78, 5) is 0. The van der Waals surface area contributed by atoms with Gasteiger partial charge < -0.3 is 10.8 Å². The van der Waals surface area contributed by atoms with Gasteiger partial charge in [-0.2, -0.15) is 5.21 Å². The average Bonchev–Trinajstić information content (AvgIpc) is 2.82. The maximum atomic E-state index is 9.56. The lowest BCUT2D eigenvalue weighted by Crippen LogP contribution is -2.11. The second kappa shape index (κ2) is 4.16. The fraction of sp³-hybridized carbons (Fsp3) is 0.222. The number of tetrazole rings is 1. The van der Waals surface area contributed by atoms with Gasteiger partial charge in [-0.15, -0.1) is 10.2 Å². The predicted molar refractivity (Wildman–Crippen MR) is 53.6 cm³/mol. The molecule has 1 aromatic heterocycles. The zero-order valence-electron chi connectivity index (χ0n) is 7.96. The SMILES string of the molecule is NC[C@H](O)c1cccc(-c2nn[nH]n2)c1. The van der Waals surface area contributed by atoms with Crippen LogP contribution in [0.5, 0.6) is 0 Å². The molecule has 2 rings (SSSR count). The third-order valence-corrected chi connectivity index (χ3v) is 2.10. The Balaban J connectivity index is 2.35. The molecule has 0 spiro atoms. The maximum Gasteiger partial charge on any atom is 0.204 e. The highest BCUT2D eigenvalue weighted by atomic mass is 16.3. The molecule has 78 valence electrons. The van der Waals surface area contributed by atoms with E-state index in [1.54, 1.807) is 12.1 Å². The molecule has 0 amide bonds. The van der Waals surface area contributed by atoms with Crippen molar-refractivity contribution < 1.29 is 5.11 Å². The molecule has 1 atom stereocenters. The third kappa shape index (κ3) is 2.00. The first-order valence-electron chi connectivity index (χ1n) is 4.53. The second-order valence-electron chi connectivity index (χ2n) is 3.11. The standard InChI is InChI=1S/C9H11N5O/c10-5-8(15)6-2-1-3-7(4-6)9-11-13-14-12-9/h1-4,8,15H,5,10H2,(H,11,12,13,14)/t8-/m0/s1. The Labute approximate surface area is 86.1 Å². The van der Waals surface area contributed by atoms with Crippen LogP contribution < -0.4 is 5.73 Å². The lowest BCUT2D eigenvalue weighted by Gasteiger charge is -2.08. The fourth-order valence-electron chi connectivity index (χ4n) is 1.31. The first kappa shape index (κ1) is 9.75. The molecule has 2 aromatic rings. The van der Waals surface area contributed by atoms with Crippen molar-refractivity contribution in [3.8, 4) is 11.4 Å². The zero-order chi connectivity index (χ0) is 10.7. The Hall–Kier alpha value is -1.79. The van der Waals surface area contributed by atoms with E-state index in [1.165, 1.54) is 0 Å². The summed E-state index contributed by atoms with van der Waals surface area (Å²) in [7, 11) is 0. The molecule has 15 heavy (non-hydrogen) atoms. The van der Waals surface area contributed by atoms with E-state index in [4.69, 9.17) is 5.73 Å². The van der Waals surface area contributed by atoms with E-state index in [2.05, 4.69) is 20.6 Å². The smallest absolute Gasteiger partial charge is 0.204 e. The van der Waals surface area contributed by atoms with Crippen molar-refractivity contribution in [2.45, 2.75) is 6.10 Å². The average molecular weight is 205 g/mol. The van der Waals surface area contributed by atoms with Crippen LogP contribution in [0.3, 0.4) is 0 Å². The van der Waals surface area contributed by atoms with Crippen molar-refractivity contribution in [1.29, 1.82) is 0 Å². The molecule has 0 bridgehead atoms. The molecule has 0 aliphatic rings. The quantitative estimate of drug-likeness (QED) is 0.647. The Morgan fingerprint density at radius 2 is 2.33 bits per heavy atom. The number of nitrogens with two attached hydrogens (primary N) is 1. The largest absolute Gasteiger partial charge is 0.387 e. The number of nitrogens with one attached hydrogen (secondary N) is 1. The Kier molecular flexibility index (Phi) is 2.70. The molecule has 0 aliphatic heterocycles. The van der Waals surface area contributed by atoms with Crippen LogP contribution in [0.25, 0.3) is 11.4 Å². The molecule has 0 unspecified atom stereocenters. The minimum Gasteiger partial charge on any atom is -0.387 e. The van der Waals surface area contributed by atoms with Gasteiger partial charge in [0, 0.05) is 12.1 Å². The minimum absolute atomic E-state index is 0.190. The number of nitrogens with zero attached hydrogens (tertiary/aromatic N) is 3. The van der Waals surface area contributed by atoms with Gasteiger partial charge in [0.25, 0.3) is 0 Å². The Bertz CT molecular complexity index is 428. The lowest BCUT2D eigenvalue weighted by molar-refractivity contribution is 0.187. The molecule has 0 saturated heterocycles. The van der Waals surface area contributed by atoms with E-state index >= 15 is 0 Å². The fourth-order valence-corrected chi connectivity index (χ4v) is 1.31. The van der Waals surface area contributed by atoms with Crippen molar-refractivity contribution in [3.05, 3.63) is 29.8 Å². The maximum absolute atomic E-state index is 9.56. The van der Waals surface area contributed by atoms with E-state index in [-0.39, 0.29) is 6.54 Å². The van der Waals surface area contributed by atoms with Crippen molar-refractivity contribution in [2.24, 2.45) is 5.73 Å². The van der Waals surface area contributed by atoms with Crippen molar-refractivity contribution in [3.63, 3.8) is 0 Å². The van der Waals surface area contributed by atoms with Gasteiger partial charge >= 0.3 is 0 Å². The van der Waals surface area contributed by atoms with Gasteiger partial charge in [-0.1, -0.05) is 18.2 Å². The molecule has 6 heteroatoms. The highest BCUT2D eigenvalue weighted by molar-refractivity contribution is 5.55. The Morgan fingerprint density at radius 3 is 3.00 bits per heavy atom. The van der Waals surface area contributed by atoms with Crippen LogP contribution in [-0.2, 0) is 0 Å². The van der Waals surface area contributed by atoms with E-state index in [1.807, 2.05) is 12.1 Å². The predicted octanol–water partition coefficient (Wildman–Crippen LogP) is -0.141. The molecule has 0 saturated carbocycles. The number of aliphatic hydroxyl groups is 1. The number of benzene rings is 1. The molecule has 0 radical (unpaired) electrons. The van der Waals surface area contributed by atoms with Gasteiger partial charge in [0.15, 0.2) is 0 Å². The van der Waals surface area contributed by atoms with Crippen LogP contribution in [0.4, 0.5) is 0 Å². The summed E-state index contributed by atoms with van der Waals surface area (Å²) < 4.78 is 0. The van der Waals surface area contributed by atoms with Crippen LogP contribution in [0.2, 0.25) is 0 Å². The Morgan fingerprint density at radius 1 is 1.47 bits per heavy atom. The van der Waals surface area contributed by atoms with Gasteiger partial charge in [0.2, 0.25) is 5.82 Å². The lowest BCUT2D eigenvalue weighted by atomic mass is 10.1. The first-order valence-corrected chi connectivity index (χ1v) is 4.53. The summed E-state index contributed by atoms with van der Waals surface area (Å²) in [5.74, 6) is 0.501. The van der Waals surface area contributed by atoms with Crippen molar-refractivity contribution >= 4 is 0 Å². The highest BCUT2D eigenvalue weighted by Crippen LogP contribution is 2.19. The summed E-state index contributed by atoms with van der Waals surface area (Å²) in [6, 6.07) is 7.26. The molecule has 1 heterocycles. The van der Waals surface area contributed by atoms with Crippen molar-refractivity contribution in [2.75, 3.05) is 6.54 Å². The minimum atomic E-state index is -0.656. The molecular weight excluding hydrogens is 194 g/mol. The normalized spacial score (nSPS) is 12.7. The molecule has 0 aliphatic carbocycles. The van der Waals surface area contributed by atoms with Crippen LogP contribution in [-0.4, -0.2) is 32.3 Å². The number of rotatable bonds is 3. The molecule has 4 N–H and O–H groups in total. The van der Waals surface area contributed by atoms with Gasteiger partial charge in [-0.3, -0.25) is 0 Å². The third-order valence-electron chi connectivity index (χ3n) is 2.10. The van der Waals surface area contributed by atoms with Crippen LogP contribution in [0, 0.1) is 0 Å². The number of aliphatic hydroxyl groups excluding tert-OH is 1. The van der Waals surface area contributed by atoms with E-state index in [0.29, 0.717) is 5.82 Å². The van der Waals surface area contributed by atoms with E-state index in [0.717, 1.165) is 11.1 Å². The summed E-state index contributed by atoms with van der Waals surface area (Å²) in [5, 5.41) is 23.1. The topological polar surface area (TPSA) is 101 Å². The summed E-state index contributed by atoms with van der Waals surface area (Å²) in [5.41, 5.74) is 6.92. The summed E-state index contributed by atoms with van der Waals surface area (Å²) in [6.07, 6.45) is -0.656. The van der Waals surface area contributed by atoms with Crippen LogP contribution in [0.15, 0.2) is 24.3 Å². The second-order valence-corrected chi connectivity index (χ2v) is 3.11. The van der Waals surface area contributed by atoms with Gasteiger partial charge in [-0.05, 0) is 16.8 Å². The van der Waals surface area contributed by atoms with E-state index in [9.17, 15) is 5.11 Å². The zero-order valence-corrected chi connectivity index (χ0v) is 7.96. The number of H-pyrrole nitrogens is 1. The van der Waals surface area contributed by atoms with Crippen molar-refractivity contribution in [1.82, 2.24) is 20.6 Å². The summed E-state index contributed by atoms with van der Waals surface area (Å²) in [6.45, 7) is 0.190. The number of hydrogen-bond acceptors (Lipinski definition) is 5. The van der Waals surface area contributed by atoms with E-state index < -0.39 is 6.10 Å². The summed E-state index contributed by atoms with van der Waals surface area (Å²) >= 11 is 0. The first-order chi connectivity index (χ1) is 7.31. The van der Waals surface area contributed by atoms with Gasteiger partial charge in [-0.25, -0.2) is 0 Å². The highest BCUT2D eigenvalue weighted by Gasteiger charge is 2.08. The molecule has 1 aromatic carbocycles. The van der Waals surface area contributed by atoms with Crippen LogP contribution in [0.1, 0.15) is 11.7 Å². The number of hydrogen-bond donors (Lipinski definition) is 3. The molecular formula is C9H11N5O. The monoisotopic (exact) mass is 205 g/mol. The number of aromatic amines is 1. The van der Waals surface area contributed by atoms with Gasteiger partial charge in [0.1, 0.15) is 0 Å².